The summed E-state index contributed by atoms with van der Waals surface area (Å²) in [6.07, 6.45) is 3.24. The van der Waals surface area contributed by atoms with E-state index in [1.165, 1.54) is 34.1 Å². The fourth-order valence-corrected chi connectivity index (χ4v) is 4.17. The van der Waals surface area contributed by atoms with Gasteiger partial charge in [0.15, 0.2) is 0 Å². The molecule has 0 aliphatic rings. The van der Waals surface area contributed by atoms with Gasteiger partial charge in [0.2, 0.25) is 0 Å². The third kappa shape index (κ3) is 5.04. The van der Waals surface area contributed by atoms with Crippen LogP contribution in [0.25, 0.3) is 16.8 Å². The topological polar surface area (TPSA) is 42.7 Å². The number of nitrogens with zero attached hydrogens (tertiary/aromatic N) is 3. The first-order chi connectivity index (χ1) is 15.0. The molecule has 0 unspecified atom stereocenters. The fraction of sp³-hybridized carbons (Fsp3) is 0.231. The monoisotopic (exact) mass is 430 g/mol. The maximum absolute atomic E-state index is 6.25. The SMILES string of the molecule is Cc1cc(CNCc2cc(Cl)ccc2-n2cncn2)cc(-c2ccccc2C(C)C)c1. The van der Waals surface area contributed by atoms with Gasteiger partial charge in [-0.15, -0.1) is 0 Å². The van der Waals surface area contributed by atoms with Crippen LogP contribution in [-0.2, 0) is 13.1 Å². The lowest BCUT2D eigenvalue weighted by Crippen LogP contribution is -2.15. The number of halogens is 1. The minimum atomic E-state index is 0.483. The molecule has 31 heavy (non-hydrogen) atoms. The van der Waals surface area contributed by atoms with Crippen LogP contribution in [-0.4, -0.2) is 14.8 Å². The van der Waals surface area contributed by atoms with Crippen LogP contribution in [0.5, 0.6) is 0 Å². The highest BCUT2D eigenvalue weighted by Gasteiger charge is 2.10. The van der Waals surface area contributed by atoms with Gasteiger partial charge in [-0.05, 0) is 64.9 Å². The summed E-state index contributed by atoms with van der Waals surface area (Å²) in [5.41, 5.74) is 8.54. The standard InChI is InChI=1S/C26H27ClN4/c1-18(2)24-6-4-5-7-25(24)21-11-19(3)10-20(12-21)14-28-15-22-13-23(27)8-9-26(22)31-17-29-16-30-31/h4-13,16-18,28H,14-15H2,1-3H3. The van der Waals surface area contributed by atoms with Gasteiger partial charge in [0.05, 0.1) is 5.69 Å². The molecule has 4 nitrogen and oxygen atoms in total. The second-order valence-corrected chi connectivity index (χ2v) is 8.60. The third-order valence-electron chi connectivity index (χ3n) is 5.38. The fourth-order valence-electron chi connectivity index (χ4n) is 3.98. The van der Waals surface area contributed by atoms with Crippen molar-refractivity contribution in [1.82, 2.24) is 20.1 Å². The van der Waals surface area contributed by atoms with Gasteiger partial charge >= 0.3 is 0 Å². The zero-order chi connectivity index (χ0) is 21.8. The van der Waals surface area contributed by atoms with Gasteiger partial charge in [0, 0.05) is 18.1 Å². The zero-order valence-corrected chi connectivity index (χ0v) is 18.9. The second kappa shape index (κ2) is 9.46. The van der Waals surface area contributed by atoms with E-state index in [-0.39, 0.29) is 0 Å². The summed E-state index contributed by atoms with van der Waals surface area (Å²) in [6.45, 7) is 8.10. The Kier molecular flexibility index (Phi) is 6.50. The Labute approximate surface area is 188 Å². The first-order valence-electron chi connectivity index (χ1n) is 10.6. The van der Waals surface area contributed by atoms with Crippen LogP contribution in [0.4, 0.5) is 0 Å². The maximum Gasteiger partial charge on any atom is 0.138 e. The molecule has 158 valence electrons. The van der Waals surface area contributed by atoms with Crippen LogP contribution < -0.4 is 5.32 Å². The summed E-state index contributed by atoms with van der Waals surface area (Å²) in [5.74, 6) is 0.483. The molecule has 0 saturated heterocycles. The quantitative estimate of drug-likeness (QED) is 0.373. The zero-order valence-electron chi connectivity index (χ0n) is 18.1. The van der Waals surface area contributed by atoms with Gasteiger partial charge in [0.25, 0.3) is 0 Å². The minimum Gasteiger partial charge on any atom is -0.309 e. The normalized spacial score (nSPS) is 11.3. The lowest BCUT2D eigenvalue weighted by molar-refractivity contribution is 0.686. The number of hydrogen-bond acceptors (Lipinski definition) is 3. The minimum absolute atomic E-state index is 0.483. The number of nitrogens with one attached hydrogen (secondary N) is 1. The Hall–Kier alpha value is -2.95. The highest BCUT2D eigenvalue weighted by Crippen LogP contribution is 2.30. The summed E-state index contributed by atoms with van der Waals surface area (Å²) >= 11 is 6.25. The van der Waals surface area contributed by atoms with E-state index in [9.17, 15) is 0 Å². The van der Waals surface area contributed by atoms with E-state index in [1.54, 1.807) is 11.0 Å². The molecular weight excluding hydrogens is 404 g/mol. The Morgan fingerprint density at radius 2 is 1.84 bits per heavy atom. The summed E-state index contributed by atoms with van der Waals surface area (Å²) in [4.78, 5) is 4.06. The van der Waals surface area contributed by atoms with Crippen molar-refractivity contribution in [2.75, 3.05) is 0 Å². The number of aryl methyl sites for hydroxylation is 1. The highest BCUT2D eigenvalue weighted by atomic mass is 35.5. The van der Waals surface area contributed by atoms with Gasteiger partial charge in [-0.3, -0.25) is 0 Å². The molecule has 4 aromatic rings. The van der Waals surface area contributed by atoms with Crippen molar-refractivity contribution < 1.29 is 0 Å². The molecule has 0 saturated carbocycles. The molecule has 3 aromatic carbocycles. The molecule has 0 amide bonds. The van der Waals surface area contributed by atoms with Crippen LogP contribution >= 0.6 is 11.6 Å². The molecule has 0 bridgehead atoms. The summed E-state index contributed by atoms with van der Waals surface area (Å²) < 4.78 is 1.76. The lowest BCUT2D eigenvalue weighted by Gasteiger charge is -2.15. The summed E-state index contributed by atoms with van der Waals surface area (Å²) in [5, 5.41) is 8.54. The van der Waals surface area contributed by atoms with Crippen molar-refractivity contribution in [3.63, 3.8) is 0 Å². The van der Waals surface area contributed by atoms with E-state index in [4.69, 9.17) is 11.6 Å². The molecule has 0 aliphatic heterocycles. The molecule has 1 aromatic heterocycles. The number of aromatic nitrogens is 3. The van der Waals surface area contributed by atoms with Gasteiger partial charge < -0.3 is 5.32 Å². The summed E-state index contributed by atoms with van der Waals surface area (Å²) in [6, 6.07) is 21.3. The van der Waals surface area contributed by atoms with Crippen LogP contribution in [0.2, 0.25) is 5.02 Å². The molecule has 0 fully saturated rings. The lowest BCUT2D eigenvalue weighted by atomic mass is 9.91. The van der Waals surface area contributed by atoms with Crippen LogP contribution in [0.15, 0.2) is 73.3 Å². The second-order valence-electron chi connectivity index (χ2n) is 8.17. The van der Waals surface area contributed by atoms with E-state index in [1.807, 2.05) is 18.2 Å². The van der Waals surface area contributed by atoms with Crippen LogP contribution in [0.3, 0.4) is 0 Å². The van der Waals surface area contributed by atoms with E-state index < -0.39 is 0 Å². The van der Waals surface area contributed by atoms with Crippen LogP contribution in [0, 0.1) is 6.92 Å². The largest absolute Gasteiger partial charge is 0.309 e. The van der Waals surface area contributed by atoms with E-state index in [0.717, 1.165) is 17.8 Å². The van der Waals surface area contributed by atoms with Crippen molar-refractivity contribution in [3.05, 3.63) is 101 Å². The molecule has 0 radical (unpaired) electrons. The van der Waals surface area contributed by atoms with Crippen LogP contribution in [0.1, 0.15) is 42.0 Å². The molecule has 0 atom stereocenters. The highest BCUT2D eigenvalue weighted by molar-refractivity contribution is 6.30. The molecule has 0 spiro atoms. The maximum atomic E-state index is 6.25. The first-order valence-corrected chi connectivity index (χ1v) is 10.9. The Morgan fingerprint density at radius 1 is 1.00 bits per heavy atom. The Bertz CT molecular complexity index is 1170. The predicted octanol–water partition coefficient (Wildman–Crippen LogP) is 6.31. The predicted molar refractivity (Wildman–Crippen MR) is 128 cm³/mol. The first kappa shape index (κ1) is 21.3. The third-order valence-corrected chi connectivity index (χ3v) is 5.62. The smallest absolute Gasteiger partial charge is 0.138 e. The number of benzene rings is 3. The van der Waals surface area contributed by atoms with Gasteiger partial charge in [-0.1, -0.05) is 67.4 Å². The van der Waals surface area contributed by atoms with E-state index in [0.29, 0.717) is 17.5 Å². The average Bonchev–Trinajstić information content (AvgIpc) is 3.28. The van der Waals surface area contributed by atoms with Gasteiger partial charge in [-0.2, -0.15) is 5.10 Å². The molecule has 1 N–H and O–H groups in total. The summed E-state index contributed by atoms with van der Waals surface area (Å²) in [7, 11) is 0. The van der Waals surface area contributed by atoms with Crippen molar-refractivity contribution in [1.29, 1.82) is 0 Å². The van der Waals surface area contributed by atoms with E-state index >= 15 is 0 Å². The molecule has 4 rings (SSSR count). The molecule has 1 heterocycles. The average molecular weight is 431 g/mol. The van der Waals surface area contributed by atoms with Gasteiger partial charge in [0.1, 0.15) is 12.7 Å². The Morgan fingerprint density at radius 3 is 2.61 bits per heavy atom. The number of hydrogen-bond donors (Lipinski definition) is 1. The number of rotatable bonds is 7. The van der Waals surface area contributed by atoms with Crippen molar-refractivity contribution in [2.45, 2.75) is 39.8 Å². The van der Waals surface area contributed by atoms with E-state index in [2.05, 4.69) is 78.6 Å². The van der Waals surface area contributed by atoms with Crippen molar-refractivity contribution >= 4 is 11.6 Å². The molecule has 5 heteroatoms. The molecule has 0 aliphatic carbocycles. The van der Waals surface area contributed by atoms with Crippen molar-refractivity contribution in [3.8, 4) is 16.8 Å². The molecular formula is C26H27ClN4. The Balaban J connectivity index is 1.54. The van der Waals surface area contributed by atoms with Gasteiger partial charge in [-0.25, -0.2) is 9.67 Å². The van der Waals surface area contributed by atoms with Crippen molar-refractivity contribution in [2.24, 2.45) is 0 Å².